The first-order valence-electron chi connectivity index (χ1n) is 9.56. The normalized spacial score (nSPS) is 12.3. The lowest BCUT2D eigenvalue weighted by Crippen LogP contribution is -2.22. The van der Waals surface area contributed by atoms with Crippen molar-refractivity contribution in [3.05, 3.63) is 46.0 Å². The van der Waals surface area contributed by atoms with E-state index in [1.54, 1.807) is 17.7 Å². The average Bonchev–Trinajstić information content (AvgIpc) is 3.37. The van der Waals surface area contributed by atoms with E-state index >= 15 is 0 Å². The molecule has 0 saturated heterocycles. The molecule has 0 bridgehead atoms. The largest absolute Gasteiger partial charge is 0.300 e. The molecule has 1 atom stereocenters. The van der Waals surface area contributed by atoms with Crippen LogP contribution in [0.25, 0.3) is 21.3 Å². The molecule has 1 N–H and O–H groups in total. The van der Waals surface area contributed by atoms with Gasteiger partial charge < -0.3 is 0 Å². The van der Waals surface area contributed by atoms with Gasteiger partial charge in [-0.3, -0.25) is 10.1 Å². The van der Waals surface area contributed by atoms with E-state index in [0.29, 0.717) is 5.13 Å². The number of benzene rings is 1. The molecule has 6 nitrogen and oxygen atoms in total. The average molecular weight is 456 g/mol. The van der Waals surface area contributed by atoms with Crippen LogP contribution in [0.5, 0.6) is 0 Å². The zero-order valence-electron chi connectivity index (χ0n) is 17.1. The number of amides is 1. The number of aryl methyl sites for hydroxylation is 3. The minimum absolute atomic E-state index is 0.117. The lowest BCUT2D eigenvalue weighted by molar-refractivity contribution is -0.115. The van der Waals surface area contributed by atoms with Gasteiger partial charge in [-0.25, -0.2) is 9.97 Å². The van der Waals surface area contributed by atoms with Gasteiger partial charge in [0, 0.05) is 10.9 Å². The van der Waals surface area contributed by atoms with Gasteiger partial charge in [-0.1, -0.05) is 48.2 Å². The quantitative estimate of drug-likeness (QED) is 0.305. The summed E-state index contributed by atoms with van der Waals surface area (Å²) in [6, 6.07) is 6.45. The van der Waals surface area contributed by atoms with E-state index in [-0.39, 0.29) is 11.2 Å². The smallest absolute Gasteiger partial charge is 0.239 e. The summed E-state index contributed by atoms with van der Waals surface area (Å²) >= 11 is 4.43. The Balaban J connectivity index is 1.61. The molecule has 0 aliphatic rings. The number of nitrogens with one attached hydrogen (secondary N) is 1. The summed E-state index contributed by atoms with van der Waals surface area (Å²) < 4.78 is 0. The van der Waals surface area contributed by atoms with E-state index in [2.05, 4.69) is 62.9 Å². The van der Waals surface area contributed by atoms with Crippen LogP contribution in [-0.2, 0) is 11.2 Å². The third-order valence-electron chi connectivity index (χ3n) is 4.81. The van der Waals surface area contributed by atoms with Crippen molar-refractivity contribution < 1.29 is 4.79 Å². The fraction of sp³-hybridized carbons (Fsp3) is 0.286. The monoisotopic (exact) mass is 455 g/mol. The molecule has 3 heterocycles. The summed E-state index contributed by atoms with van der Waals surface area (Å²) in [7, 11) is 0. The summed E-state index contributed by atoms with van der Waals surface area (Å²) in [4.78, 5) is 22.6. The molecule has 0 fully saturated rings. The molecular formula is C21H21N5OS3. The number of thiophene rings is 1. The molecule has 0 radical (unpaired) electrons. The molecule has 0 aliphatic heterocycles. The molecule has 0 saturated carbocycles. The summed E-state index contributed by atoms with van der Waals surface area (Å²) in [5, 5.41) is 16.0. The number of fused-ring (bicyclic) bond motifs is 1. The summed E-state index contributed by atoms with van der Waals surface area (Å²) in [5.41, 5.74) is 4.75. The Morgan fingerprint density at radius 1 is 1.20 bits per heavy atom. The fourth-order valence-electron chi connectivity index (χ4n) is 2.93. The summed E-state index contributed by atoms with van der Waals surface area (Å²) in [6.45, 7) is 8.11. The Hall–Kier alpha value is -2.36. The van der Waals surface area contributed by atoms with E-state index in [9.17, 15) is 4.79 Å². The van der Waals surface area contributed by atoms with Crippen molar-refractivity contribution >= 4 is 55.7 Å². The Labute approximate surface area is 187 Å². The van der Waals surface area contributed by atoms with Gasteiger partial charge in [-0.15, -0.1) is 21.5 Å². The number of thioether (sulfide) groups is 1. The predicted octanol–water partition coefficient (Wildman–Crippen LogP) is 5.51. The Bertz CT molecular complexity index is 1220. The number of hydrogen-bond acceptors (Lipinski definition) is 8. The highest BCUT2D eigenvalue weighted by atomic mass is 32.2. The molecule has 0 spiro atoms. The van der Waals surface area contributed by atoms with Gasteiger partial charge in [0.15, 0.2) is 0 Å². The van der Waals surface area contributed by atoms with Crippen LogP contribution in [0.15, 0.2) is 34.9 Å². The van der Waals surface area contributed by atoms with Crippen molar-refractivity contribution in [2.45, 2.75) is 44.4 Å². The van der Waals surface area contributed by atoms with Gasteiger partial charge in [-0.05, 0) is 43.9 Å². The number of anilines is 1. The lowest BCUT2D eigenvalue weighted by atomic mass is 10.0. The van der Waals surface area contributed by atoms with Crippen LogP contribution in [0, 0.1) is 13.8 Å². The second-order valence-corrected chi connectivity index (χ2v) is 10.2. The second-order valence-electron chi connectivity index (χ2n) is 6.91. The van der Waals surface area contributed by atoms with E-state index in [1.165, 1.54) is 34.2 Å². The predicted molar refractivity (Wildman–Crippen MR) is 126 cm³/mol. The van der Waals surface area contributed by atoms with E-state index in [4.69, 9.17) is 0 Å². The van der Waals surface area contributed by atoms with Crippen molar-refractivity contribution in [2.24, 2.45) is 0 Å². The highest BCUT2D eigenvalue weighted by Crippen LogP contribution is 2.39. The zero-order chi connectivity index (χ0) is 21.3. The van der Waals surface area contributed by atoms with Crippen LogP contribution in [0.4, 0.5) is 5.13 Å². The molecule has 0 aliphatic carbocycles. The third-order valence-corrected chi connectivity index (χ3v) is 7.78. The van der Waals surface area contributed by atoms with Crippen LogP contribution < -0.4 is 5.32 Å². The summed E-state index contributed by atoms with van der Waals surface area (Å²) in [5.74, 6) is -0.117. The Morgan fingerprint density at radius 3 is 2.77 bits per heavy atom. The number of hydrogen-bond donors (Lipinski definition) is 1. The van der Waals surface area contributed by atoms with Crippen molar-refractivity contribution in [3.8, 4) is 11.1 Å². The number of nitrogens with zero attached hydrogens (tertiary/aromatic N) is 4. The highest BCUT2D eigenvalue weighted by Gasteiger charge is 2.21. The topological polar surface area (TPSA) is 80.7 Å². The van der Waals surface area contributed by atoms with Crippen LogP contribution in [-0.4, -0.2) is 31.3 Å². The number of carbonyl (C=O) groups is 1. The van der Waals surface area contributed by atoms with Crippen LogP contribution in [0.1, 0.15) is 30.0 Å². The first-order chi connectivity index (χ1) is 14.5. The minimum atomic E-state index is -0.343. The van der Waals surface area contributed by atoms with Gasteiger partial charge in [0.25, 0.3) is 0 Å². The Kier molecular flexibility index (Phi) is 6.12. The lowest BCUT2D eigenvalue weighted by Gasteiger charge is -2.11. The molecule has 1 amide bonds. The zero-order valence-corrected chi connectivity index (χ0v) is 19.5. The third kappa shape index (κ3) is 4.23. The van der Waals surface area contributed by atoms with E-state index in [0.717, 1.165) is 37.8 Å². The van der Waals surface area contributed by atoms with Gasteiger partial charge in [-0.2, -0.15) is 0 Å². The van der Waals surface area contributed by atoms with Gasteiger partial charge >= 0.3 is 0 Å². The Morgan fingerprint density at radius 2 is 2.03 bits per heavy atom. The minimum Gasteiger partial charge on any atom is -0.300 e. The van der Waals surface area contributed by atoms with Crippen molar-refractivity contribution in [2.75, 3.05) is 5.32 Å². The first-order valence-corrected chi connectivity index (χ1v) is 12.1. The highest BCUT2D eigenvalue weighted by molar-refractivity contribution is 8.00. The molecule has 4 aromatic rings. The maximum Gasteiger partial charge on any atom is 0.239 e. The van der Waals surface area contributed by atoms with E-state index < -0.39 is 0 Å². The van der Waals surface area contributed by atoms with Crippen LogP contribution in [0.2, 0.25) is 0 Å². The SMILES string of the molecule is CCc1nnc(NC(=O)C(C)Sc2ncnc3scc(-c4ccc(C)c(C)c4)c23)s1. The van der Waals surface area contributed by atoms with Gasteiger partial charge in [0.2, 0.25) is 11.0 Å². The molecule has 154 valence electrons. The maximum atomic E-state index is 12.7. The fourth-order valence-corrected chi connectivity index (χ4v) is 5.53. The standard InChI is InChI=1S/C21H21N5OS3/c1-5-16-25-26-21(30-16)24-18(27)13(4)29-20-17-15(9-28-19(17)22-10-23-20)14-7-6-11(2)12(3)8-14/h6-10,13H,5H2,1-4H3,(H,24,26,27). The van der Waals surface area contributed by atoms with Crippen LogP contribution in [0.3, 0.4) is 0 Å². The number of rotatable bonds is 6. The molecule has 30 heavy (non-hydrogen) atoms. The van der Waals surface area contributed by atoms with Gasteiger partial charge in [0.1, 0.15) is 21.2 Å². The van der Waals surface area contributed by atoms with Crippen molar-refractivity contribution in [1.82, 2.24) is 20.2 Å². The molecule has 9 heteroatoms. The molecule has 1 aromatic carbocycles. The second kappa shape index (κ2) is 8.79. The molecular weight excluding hydrogens is 434 g/mol. The van der Waals surface area contributed by atoms with Gasteiger partial charge in [0.05, 0.1) is 10.6 Å². The molecule has 4 rings (SSSR count). The van der Waals surface area contributed by atoms with Crippen molar-refractivity contribution in [1.29, 1.82) is 0 Å². The van der Waals surface area contributed by atoms with E-state index in [1.807, 2.05) is 13.8 Å². The summed E-state index contributed by atoms with van der Waals surface area (Å²) in [6.07, 6.45) is 2.37. The van der Waals surface area contributed by atoms with Crippen LogP contribution >= 0.6 is 34.4 Å². The maximum absolute atomic E-state index is 12.7. The molecule has 3 aromatic heterocycles. The first kappa shape index (κ1) is 20.9. The number of carbonyl (C=O) groups excluding carboxylic acids is 1. The van der Waals surface area contributed by atoms with Crippen molar-refractivity contribution in [3.63, 3.8) is 0 Å². The molecule has 1 unspecified atom stereocenters. The number of aromatic nitrogens is 4.